The van der Waals surface area contributed by atoms with Gasteiger partial charge in [-0.05, 0) is 0 Å². The molecule has 0 saturated heterocycles. The number of hydrogen-bond acceptors (Lipinski definition) is 2. The molecule has 7 heteroatoms. The Labute approximate surface area is 140 Å². The topological polar surface area (TPSA) is 81.0 Å². The number of benzene rings is 2. The van der Waals surface area contributed by atoms with Gasteiger partial charge in [-0.2, -0.15) is 0 Å². The van der Waals surface area contributed by atoms with Crippen LogP contribution in [0.4, 0.5) is 0 Å². The second-order valence-corrected chi connectivity index (χ2v) is 12.0. The summed E-state index contributed by atoms with van der Waals surface area (Å²) >= 11 is -0.993. The monoisotopic (exact) mass is 639 g/mol. The average molecular weight is 636 g/mol. The first-order chi connectivity index (χ1) is 8.68. The summed E-state index contributed by atoms with van der Waals surface area (Å²) in [6, 6.07) is 20.0. The molecule has 0 heterocycles. The molecular formula is C12H13Hg2NO4+. The maximum absolute atomic E-state index is 9.92. The Kier molecular flexibility index (Phi) is 11.0. The number of nitrogens with zero attached hydrogens (tertiary/aromatic N) is 1. The third-order valence-electron chi connectivity index (χ3n) is 2.03. The fraction of sp³-hybridized carbons (Fsp3) is 0. The van der Waals surface area contributed by atoms with Crippen LogP contribution in [0.3, 0.4) is 0 Å². The fourth-order valence-corrected chi connectivity index (χ4v) is 5.06. The van der Waals surface area contributed by atoms with Crippen molar-refractivity contribution < 1.29 is 69.7 Å². The summed E-state index contributed by atoms with van der Waals surface area (Å²) in [5.41, 5.74) is 0. The van der Waals surface area contributed by atoms with Gasteiger partial charge in [-0.3, -0.25) is 0 Å². The van der Waals surface area contributed by atoms with Crippen LogP contribution in [0.25, 0.3) is 0 Å². The Bertz CT molecular complexity index is 468. The molecular weight excluding hydrogens is 623 g/mol. The van der Waals surface area contributed by atoms with Crippen molar-refractivity contribution in [2.24, 2.45) is 0 Å². The van der Waals surface area contributed by atoms with Crippen LogP contribution in [0, 0.1) is 4.91 Å². The van der Waals surface area contributed by atoms with Crippen LogP contribution < -0.4 is 6.14 Å². The molecule has 5 nitrogen and oxygen atoms in total. The summed E-state index contributed by atoms with van der Waals surface area (Å²) in [4.78, 5) is 9.92. The second kappa shape index (κ2) is 11.3. The maximum atomic E-state index is 9.92. The van der Waals surface area contributed by atoms with E-state index < -0.39 is 30.1 Å². The van der Waals surface area contributed by atoms with Crippen molar-refractivity contribution in [1.82, 2.24) is 0 Å². The van der Waals surface area contributed by atoms with E-state index in [-0.39, 0.29) is 5.48 Å². The summed E-state index contributed by atoms with van der Waals surface area (Å²) in [7, 11) is 0. The van der Waals surface area contributed by atoms with Crippen LogP contribution in [0.2, 0.25) is 0 Å². The van der Waals surface area contributed by atoms with Crippen molar-refractivity contribution >= 4 is 6.14 Å². The van der Waals surface area contributed by atoms with E-state index in [1.54, 1.807) is 0 Å². The van der Waals surface area contributed by atoms with E-state index in [0.717, 1.165) is 29.2 Å². The molecule has 2 aromatic carbocycles. The van der Waals surface area contributed by atoms with Crippen LogP contribution in [-0.4, -0.2) is 15.8 Å². The Morgan fingerprint density at radius 2 is 1.47 bits per heavy atom. The normalized spacial score (nSPS) is 8.11. The Morgan fingerprint density at radius 3 is 1.84 bits per heavy atom. The molecule has 93 valence electrons. The van der Waals surface area contributed by atoms with E-state index in [1.807, 2.05) is 30.3 Å². The minimum atomic E-state index is -1.80. The zero-order chi connectivity index (χ0) is 13.2. The molecule has 0 aliphatic rings. The van der Waals surface area contributed by atoms with Crippen molar-refractivity contribution in [3.8, 4) is 0 Å². The molecule has 0 amide bonds. The molecule has 2 rings (SSSR count). The van der Waals surface area contributed by atoms with Gasteiger partial charge < -0.3 is 5.48 Å². The molecule has 0 fully saturated rings. The second-order valence-electron chi connectivity index (χ2n) is 3.48. The van der Waals surface area contributed by atoms with Gasteiger partial charge in [0.1, 0.15) is 0 Å². The first-order valence-corrected chi connectivity index (χ1v) is 13.1. The van der Waals surface area contributed by atoms with E-state index in [2.05, 4.69) is 33.1 Å². The zero-order valence-electron chi connectivity index (χ0n) is 10.4. The summed E-state index contributed by atoms with van der Waals surface area (Å²) < 4.78 is 7.06. The number of rotatable bonds is 3. The Morgan fingerprint density at radius 1 is 1.00 bits per heavy atom. The molecule has 3 N–H and O–H groups in total. The molecule has 19 heavy (non-hydrogen) atoms. The van der Waals surface area contributed by atoms with Gasteiger partial charge >= 0.3 is 136 Å². The summed E-state index contributed by atoms with van der Waals surface area (Å²) in [6.45, 7) is 0. The van der Waals surface area contributed by atoms with Gasteiger partial charge in [0.2, 0.25) is 0 Å². The first kappa shape index (κ1) is 18.5. The van der Waals surface area contributed by atoms with E-state index in [0.29, 0.717) is 0 Å². The Hall–Kier alpha value is -0.530. The van der Waals surface area contributed by atoms with Gasteiger partial charge in [-0.25, -0.2) is 0 Å². The van der Waals surface area contributed by atoms with Crippen LogP contribution in [-0.2, 0) is 53.9 Å². The van der Waals surface area contributed by atoms with Gasteiger partial charge in [0.05, 0.1) is 0 Å². The van der Waals surface area contributed by atoms with Gasteiger partial charge in [-0.15, -0.1) is 0 Å². The minimum absolute atomic E-state index is 0. The van der Waals surface area contributed by atoms with Crippen molar-refractivity contribution in [2.75, 3.05) is 0 Å². The average Bonchev–Trinajstić information content (AvgIpc) is 2.39. The summed E-state index contributed by atoms with van der Waals surface area (Å²) in [6.07, 6.45) is 0. The fourth-order valence-electron chi connectivity index (χ4n) is 1.18. The number of hydrogen-bond donors (Lipinski definition) is 1. The van der Waals surface area contributed by atoms with E-state index in [9.17, 15) is 4.91 Å². The molecule has 2 aromatic rings. The van der Waals surface area contributed by atoms with Crippen LogP contribution in [0.5, 0.6) is 0 Å². The van der Waals surface area contributed by atoms with Gasteiger partial charge in [0.15, 0.2) is 0 Å². The van der Waals surface area contributed by atoms with Crippen molar-refractivity contribution in [3.05, 3.63) is 65.6 Å². The summed E-state index contributed by atoms with van der Waals surface area (Å²) in [5.74, 6) is 0. The predicted molar refractivity (Wildman–Crippen MR) is 62.3 cm³/mol. The van der Waals surface area contributed by atoms with Crippen LogP contribution in [0.1, 0.15) is 0 Å². The molecule has 0 atom stereocenters. The molecule has 0 bridgehead atoms. The quantitative estimate of drug-likeness (QED) is 0.393. The van der Waals surface area contributed by atoms with Gasteiger partial charge in [0, 0.05) is 0 Å². The zero-order valence-corrected chi connectivity index (χ0v) is 21.4. The standard InChI is InChI=1S/2C6H5.2Hg.HNO3.H2O/c2*1-2-4-6-5-3-1;;;2-1(3)4;/h2*1-5H;;;(H,2,3,4);1H2/q;;;+1;;. The molecule has 0 aromatic heterocycles. The summed E-state index contributed by atoms with van der Waals surface area (Å²) in [5, 5.41) is 7.67. The van der Waals surface area contributed by atoms with Crippen LogP contribution in [0.15, 0.2) is 60.7 Å². The van der Waals surface area contributed by atoms with Crippen molar-refractivity contribution in [1.29, 1.82) is 0 Å². The molecule has 0 unspecified atom stereocenters. The Balaban J connectivity index is 0.000000352. The molecule has 0 aliphatic heterocycles. The SMILES string of the molecule is O.O=[N+](O)[O][Hg][c]1ccccc1.[Hg][c]1ccccc1. The van der Waals surface area contributed by atoms with Crippen molar-refractivity contribution in [3.63, 3.8) is 0 Å². The van der Waals surface area contributed by atoms with E-state index in [1.165, 1.54) is 3.07 Å². The van der Waals surface area contributed by atoms with E-state index in [4.69, 9.17) is 5.21 Å². The molecule has 0 aliphatic carbocycles. The third-order valence-corrected chi connectivity index (χ3v) is 8.35. The van der Waals surface area contributed by atoms with Gasteiger partial charge in [-0.1, -0.05) is 0 Å². The van der Waals surface area contributed by atoms with E-state index >= 15 is 0 Å². The third kappa shape index (κ3) is 9.98. The van der Waals surface area contributed by atoms with Crippen molar-refractivity contribution in [2.45, 2.75) is 0 Å². The first-order valence-electron chi connectivity index (χ1n) is 5.38. The molecule has 0 spiro atoms. The van der Waals surface area contributed by atoms with Crippen LogP contribution >= 0.6 is 0 Å². The van der Waals surface area contributed by atoms with Gasteiger partial charge in [0.25, 0.3) is 0 Å². The molecule has 0 radical (unpaired) electrons. The predicted octanol–water partition coefficient (Wildman–Crippen LogP) is 0.443. The molecule has 0 saturated carbocycles.